The summed E-state index contributed by atoms with van der Waals surface area (Å²) in [7, 11) is 0. The van der Waals surface area contributed by atoms with Crippen molar-refractivity contribution in [1.82, 2.24) is 0 Å². The number of halogens is 3. The molecule has 0 amide bonds. The van der Waals surface area contributed by atoms with E-state index in [4.69, 9.17) is 0 Å². The quantitative estimate of drug-likeness (QED) is 0.551. The highest BCUT2D eigenvalue weighted by Gasteiger charge is 2.22. The van der Waals surface area contributed by atoms with Crippen molar-refractivity contribution in [3.8, 4) is 11.1 Å². The van der Waals surface area contributed by atoms with Gasteiger partial charge < -0.3 is 0 Å². The largest absolute Gasteiger partial charge is 0.207 e. The lowest BCUT2D eigenvalue weighted by atomic mass is 9.78. The maximum absolute atomic E-state index is 14.5. The normalized spacial score (nSPS) is 20.6. The average molecular weight is 346 g/mol. The van der Waals surface area contributed by atoms with E-state index in [0.29, 0.717) is 11.5 Å². The second-order valence-corrected chi connectivity index (χ2v) is 7.32. The first-order chi connectivity index (χ1) is 12.1. The first-order valence-corrected chi connectivity index (χ1v) is 9.30. The van der Waals surface area contributed by atoms with Gasteiger partial charge in [-0.05, 0) is 66.5 Å². The van der Waals surface area contributed by atoms with E-state index in [1.165, 1.54) is 62.1 Å². The maximum atomic E-state index is 14.5. The lowest BCUT2D eigenvalue weighted by molar-refractivity contribution is 0.261. The Bertz CT molecular complexity index is 675. The standard InChI is InChI=1S/C22H25F3/c1-2-3-15-4-6-16(7-5-15)12-17-13-20(24)22(21(25)14-17)18-8-10-19(23)11-9-18/h8-11,13-16H,2-7,12H2,1H3. The molecule has 3 rings (SSSR count). The summed E-state index contributed by atoms with van der Waals surface area (Å²) in [6.45, 7) is 2.22. The number of benzene rings is 2. The molecule has 0 saturated heterocycles. The molecule has 0 N–H and O–H groups in total. The van der Waals surface area contributed by atoms with Crippen LogP contribution in [0.1, 0.15) is 51.0 Å². The number of hydrogen-bond donors (Lipinski definition) is 0. The zero-order valence-electron chi connectivity index (χ0n) is 14.7. The van der Waals surface area contributed by atoms with E-state index in [2.05, 4.69) is 6.92 Å². The Morgan fingerprint density at radius 3 is 1.96 bits per heavy atom. The molecule has 0 unspecified atom stereocenters. The van der Waals surface area contributed by atoms with E-state index >= 15 is 0 Å². The molecule has 1 fully saturated rings. The highest BCUT2D eigenvalue weighted by Crippen LogP contribution is 2.34. The van der Waals surface area contributed by atoms with Gasteiger partial charge in [-0.15, -0.1) is 0 Å². The number of rotatable bonds is 5. The summed E-state index contributed by atoms with van der Waals surface area (Å²) in [5.74, 6) is -0.207. The lowest BCUT2D eigenvalue weighted by Gasteiger charge is -2.28. The average Bonchev–Trinajstić information content (AvgIpc) is 2.58. The molecule has 2 aromatic rings. The molecule has 1 saturated carbocycles. The van der Waals surface area contributed by atoms with E-state index in [1.54, 1.807) is 0 Å². The van der Waals surface area contributed by atoms with Crippen molar-refractivity contribution in [2.75, 3.05) is 0 Å². The van der Waals surface area contributed by atoms with Crippen LogP contribution in [0.4, 0.5) is 13.2 Å². The van der Waals surface area contributed by atoms with Crippen LogP contribution in [0.2, 0.25) is 0 Å². The summed E-state index contributed by atoms with van der Waals surface area (Å²) in [6.07, 6.45) is 8.02. The fraction of sp³-hybridized carbons (Fsp3) is 0.455. The first kappa shape index (κ1) is 18.0. The highest BCUT2D eigenvalue weighted by molar-refractivity contribution is 5.65. The SMILES string of the molecule is CCCC1CCC(Cc2cc(F)c(-c3ccc(F)cc3)c(F)c2)CC1. The van der Waals surface area contributed by atoms with Crippen LogP contribution in [0.15, 0.2) is 36.4 Å². The van der Waals surface area contributed by atoms with Crippen molar-refractivity contribution in [3.05, 3.63) is 59.4 Å². The minimum absolute atomic E-state index is 0.0737. The van der Waals surface area contributed by atoms with Crippen LogP contribution in [-0.4, -0.2) is 0 Å². The summed E-state index contributed by atoms with van der Waals surface area (Å²) in [4.78, 5) is 0. The van der Waals surface area contributed by atoms with Crippen LogP contribution < -0.4 is 0 Å². The van der Waals surface area contributed by atoms with E-state index in [9.17, 15) is 13.2 Å². The smallest absolute Gasteiger partial charge is 0.134 e. The molecule has 0 heterocycles. The van der Waals surface area contributed by atoms with Gasteiger partial charge in [0.1, 0.15) is 17.5 Å². The molecule has 0 radical (unpaired) electrons. The molecule has 2 aromatic carbocycles. The Balaban J connectivity index is 1.71. The van der Waals surface area contributed by atoms with Gasteiger partial charge in [-0.25, -0.2) is 13.2 Å². The third-order valence-corrected chi connectivity index (χ3v) is 5.42. The molecule has 0 atom stereocenters. The highest BCUT2D eigenvalue weighted by atomic mass is 19.1. The second kappa shape index (κ2) is 8.07. The van der Waals surface area contributed by atoms with E-state index in [1.807, 2.05) is 0 Å². The Hall–Kier alpha value is -1.77. The van der Waals surface area contributed by atoms with Gasteiger partial charge in [-0.2, -0.15) is 0 Å². The van der Waals surface area contributed by atoms with Crippen molar-refractivity contribution in [1.29, 1.82) is 0 Å². The Labute approximate surface area is 148 Å². The molecule has 0 aromatic heterocycles. The zero-order valence-corrected chi connectivity index (χ0v) is 14.7. The predicted molar refractivity (Wildman–Crippen MR) is 95.8 cm³/mol. The number of hydrogen-bond acceptors (Lipinski definition) is 0. The lowest BCUT2D eigenvalue weighted by Crippen LogP contribution is -2.16. The maximum Gasteiger partial charge on any atom is 0.134 e. The Morgan fingerprint density at radius 2 is 1.40 bits per heavy atom. The summed E-state index contributed by atoms with van der Waals surface area (Å²) < 4.78 is 42.0. The van der Waals surface area contributed by atoms with Crippen LogP contribution >= 0.6 is 0 Å². The fourth-order valence-corrected chi connectivity index (χ4v) is 4.10. The zero-order chi connectivity index (χ0) is 17.8. The molecule has 0 spiro atoms. The van der Waals surface area contributed by atoms with Crippen molar-refractivity contribution < 1.29 is 13.2 Å². The van der Waals surface area contributed by atoms with Gasteiger partial charge in [0.2, 0.25) is 0 Å². The third-order valence-electron chi connectivity index (χ3n) is 5.42. The van der Waals surface area contributed by atoms with Crippen molar-refractivity contribution in [3.63, 3.8) is 0 Å². The van der Waals surface area contributed by atoms with Crippen molar-refractivity contribution >= 4 is 0 Å². The Kier molecular flexibility index (Phi) is 5.82. The van der Waals surface area contributed by atoms with E-state index in [0.717, 1.165) is 30.7 Å². The molecular formula is C22H25F3. The van der Waals surface area contributed by atoms with Crippen LogP contribution in [-0.2, 0) is 6.42 Å². The van der Waals surface area contributed by atoms with Gasteiger partial charge >= 0.3 is 0 Å². The fourth-order valence-electron chi connectivity index (χ4n) is 4.10. The van der Waals surface area contributed by atoms with Crippen LogP contribution in [0.25, 0.3) is 11.1 Å². The predicted octanol–water partition coefficient (Wildman–Crippen LogP) is 6.92. The monoisotopic (exact) mass is 346 g/mol. The van der Waals surface area contributed by atoms with E-state index < -0.39 is 17.5 Å². The molecule has 25 heavy (non-hydrogen) atoms. The minimum Gasteiger partial charge on any atom is -0.207 e. The van der Waals surface area contributed by atoms with Crippen molar-refractivity contribution in [2.45, 2.75) is 51.9 Å². The van der Waals surface area contributed by atoms with E-state index in [-0.39, 0.29) is 5.56 Å². The third kappa shape index (κ3) is 4.45. The second-order valence-electron chi connectivity index (χ2n) is 7.32. The molecule has 3 heteroatoms. The topological polar surface area (TPSA) is 0 Å². The molecule has 0 bridgehead atoms. The van der Waals surface area contributed by atoms with Crippen LogP contribution in [0.3, 0.4) is 0 Å². The Morgan fingerprint density at radius 1 is 0.840 bits per heavy atom. The van der Waals surface area contributed by atoms with Crippen molar-refractivity contribution in [2.24, 2.45) is 11.8 Å². The van der Waals surface area contributed by atoms with Gasteiger partial charge in [-0.1, -0.05) is 44.7 Å². The van der Waals surface area contributed by atoms with Gasteiger partial charge in [0, 0.05) is 0 Å². The van der Waals surface area contributed by atoms with Gasteiger partial charge in [-0.3, -0.25) is 0 Å². The molecular weight excluding hydrogens is 321 g/mol. The summed E-state index contributed by atoms with van der Waals surface area (Å²) in [6, 6.07) is 8.14. The summed E-state index contributed by atoms with van der Waals surface area (Å²) in [5.41, 5.74) is 1.01. The van der Waals surface area contributed by atoms with Crippen LogP contribution in [0, 0.1) is 29.3 Å². The first-order valence-electron chi connectivity index (χ1n) is 9.30. The van der Waals surface area contributed by atoms with Crippen LogP contribution in [0.5, 0.6) is 0 Å². The van der Waals surface area contributed by atoms with Gasteiger partial charge in [0.05, 0.1) is 5.56 Å². The molecule has 0 nitrogen and oxygen atoms in total. The minimum atomic E-state index is -0.568. The van der Waals surface area contributed by atoms with Gasteiger partial charge in [0.25, 0.3) is 0 Å². The summed E-state index contributed by atoms with van der Waals surface area (Å²) >= 11 is 0. The molecule has 134 valence electrons. The molecule has 1 aliphatic carbocycles. The van der Waals surface area contributed by atoms with Gasteiger partial charge in [0.15, 0.2) is 0 Å². The molecule has 1 aliphatic rings. The molecule has 0 aliphatic heterocycles. The summed E-state index contributed by atoms with van der Waals surface area (Å²) in [5, 5.41) is 0.